The van der Waals surface area contributed by atoms with E-state index in [0.29, 0.717) is 17.1 Å². The van der Waals surface area contributed by atoms with E-state index in [2.05, 4.69) is 20.6 Å². The number of nitrogens with zero attached hydrogens (tertiary/aromatic N) is 1. The molecule has 0 radical (unpaired) electrons. The smallest absolute Gasteiger partial charge is 0.251 e. The van der Waals surface area contributed by atoms with Gasteiger partial charge >= 0.3 is 0 Å². The zero-order chi connectivity index (χ0) is 18.5. The number of nitrogens with one attached hydrogen (secondary N) is 3. The Kier molecular flexibility index (Phi) is 5.12. The van der Waals surface area contributed by atoms with E-state index in [4.69, 9.17) is 0 Å². The fourth-order valence-electron chi connectivity index (χ4n) is 2.57. The van der Waals surface area contributed by atoms with Gasteiger partial charge in [0.2, 0.25) is 5.91 Å². The van der Waals surface area contributed by atoms with Gasteiger partial charge in [0.05, 0.1) is 18.4 Å². The Balaban J connectivity index is 1.66. The van der Waals surface area contributed by atoms with Crippen LogP contribution in [0.1, 0.15) is 28.7 Å². The predicted octanol–water partition coefficient (Wildman–Crippen LogP) is 3.27. The van der Waals surface area contributed by atoms with E-state index in [0.717, 1.165) is 16.8 Å². The summed E-state index contributed by atoms with van der Waals surface area (Å²) in [7, 11) is 0. The summed E-state index contributed by atoms with van der Waals surface area (Å²) in [5.41, 5.74) is 3.95. The number of aromatic nitrogens is 2. The molecule has 6 heteroatoms. The summed E-state index contributed by atoms with van der Waals surface area (Å²) in [5.74, 6) is 0.273. The Morgan fingerprint density at radius 3 is 2.62 bits per heavy atom. The summed E-state index contributed by atoms with van der Waals surface area (Å²) in [6, 6.07) is 15.1. The van der Waals surface area contributed by atoms with Gasteiger partial charge in [-0.15, -0.1) is 0 Å². The number of anilines is 1. The van der Waals surface area contributed by atoms with E-state index in [1.807, 2.05) is 37.3 Å². The van der Waals surface area contributed by atoms with Crippen molar-refractivity contribution in [1.29, 1.82) is 0 Å². The number of amides is 2. The molecule has 1 heterocycles. The monoisotopic (exact) mass is 348 g/mol. The molecule has 3 N–H and O–H groups in total. The van der Waals surface area contributed by atoms with Gasteiger partial charge in [0.1, 0.15) is 5.82 Å². The third kappa shape index (κ3) is 4.16. The first-order valence-corrected chi connectivity index (χ1v) is 8.28. The number of hydrogen-bond donors (Lipinski definition) is 3. The molecule has 6 nitrogen and oxygen atoms in total. The maximum Gasteiger partial charge on any atom is 0.251 e. The number of hydrogen-bond acceptors (Lipinski definition) is 3. The van der Waals surface area contributed by atoms with Crippen molar-refractivity contribution in [3.63, 3.8) is 0 Å². The second-order valence-corrected chi connectivity index (χ2v) is 6.00. The largest absolute Gasteiger partial charge is 0.345 e. The Morgan fingerprint density at radius 1 is 1.12 bits per heavy atom. The second kappa shape index (κ2) is 7.65. The quantitative estimate of drug-likeness (QED) is 0.661. The molecule has 3 rings (SSSR count). The van der Waals surface area contributed by atoms with Crippen molar-refractivity contribution in [3.8, 4) is 11.3 Å². The maximum absolute atomic E-state index is 12.4. The van der Waals surface area contributed by atoms with Crippen molar-refractivity contribution < 1.29 is 9.59 Å². The maximum atomic E-state index is 12.4. The summed E-state index contributed by atoms with van der Waals surface area (Å²) in [6.07, 6.45) is 1.75. The zero-order valence-corrected chi connectivity index (χ0v) is 14.7. The Morgan fingerprint density at radius 2 is 1.88 bits per heavy atom. The first kappa shape index (κ1) is 17.4. The lowest BCUT2D eigenvalue weighted by atomic mass is 10.1. The van der Waals surface area contributed by atoms with Crippen LogP contribution >= 0.6 is 0 Å². The van der Waals surface area contributed by atoms with Crippen LogP contribution in [0.4, 0.5) is 5.69 Å². The highest BCUT2D eigenvalue weighted by Gasteiger charge is 2.10. The minimum absolute atomic E-state index is 0.172. The number of aryl methyl sites for hydroxylation is 1. The zero-order valence-electron chi connectivity index (χ0n) is 14.7. The molecule has 0 bridgehead atoms. The Labute approximate surface area is 151 Å². The van der Waals surface area contributed by atoms with Crippen molar-refractivity contribution in [1.82, 2.24) is 15.3 Å². The van der Waals surface area contributed by atoms with Crippen molar-refractivity contribution >= 4 is 17.5 Å². The molecule has 0 aliphatic rings. The third-order valence-electron chi connectivity index (χ3n) is 3.94. The van der Waals surface area contributed by atoms with Crippen molar-refractivity contribution in [2.45, 2.75) is 20.4 Å². The van der Waals surface area contributed by atoms with Crippen LogP contribution in [0, 0.1) is 6.92 Å². The van der Waals surface area contributed by atoms with Crippen LogP contribution < -0.4 is 10.6 Å². The summed E-state index contributed by atoms with van der Waals surface area (Å²) in [6.45, 7) is 3.60. The lowest BCUT2D eigenvalue weighted by Crippen LogP contribution is -2.23. The Hall–Kier alpha value is -3.41. The van der Waals surface area contributed by atoms with Crippen LogP contribution in [0.25, 0.3) is 11.3 Å². The molecule has 1 aromatic heterocycles. The fraction of sp³-hybridized carbons (Fsp3) is 0.150. The molecule has 0 saturated carbocycles. The molecule has 2 aromatic carbocycles. The summed E-state index contributed by atoms with van der Waals surface area (Å²) >= 11 is 0. The second-order valence-electron chi connectivity index (χ2n) is 6.00. The average molecular weight is 348 g/mol. The van der Waals surface area contributed by atoms with E-state index >= 15 is 0 Å². The lowest BCUT2D eigenvalue weighted by Gasteiger charge is -2.09. The van der Waals surface area contributed by atoms with Crippen LogP contribution in [0.15, 0.2) is 54.7 Å². The molecule has 3 aromatic rings. The Bertz CT molecular complexity index is 932. The normalized spacial score (nSPS) is 10.4. The molecule has 0 aliphatic heterocycles. The minimum Gasteiger partial charge on any atom is -0.345 e. The highest BCUT2D eigenvalue weighted by atomic mass is 16.2. The van der Waals surface area contributed by atoms with Gasteiger partial charge in [-0.3, -0.25) is 9.59 Å². The molecular weight excluding hydrogens is 328 g/mol. The molecule has 132 valence electrons. The number of aromatic amines is 1. The number of carbonyl (C=O) groups excluding carboxylic acids is 2. The van der Waals surface area contributed by atoms with E-state index in [9.17, 15) is 9.59 Å². The molecular formula is C20H20N4O2. The number of rotatable bonds is 5. The van der Waals surface area contributed by atoms with Crippen LogP contribution in [0.2, 0.25) is 0 Å². The molecule has 0 fully saturated rings. The predicted molar refractivity (Wildman–Crippen MR) is 101 cm³/mol. The van der Waals surface area contributed by atoms with Crippen LogP contribution in [-0.4, -0.2) is 21.8 Å². The number of benzene rings is 2. The van der Waals surface area contributed by atoms with Crippen LogP contribution in [0.5, 0.6) is 0 Å². The summed E-state index contributed by atoms with van der Waals surface area (Å²) in [5, 5.41) is 5.56. The van der Waals surface area contributed by atoms with Gasteiger partial charge in [-0.1, -0.05) is 36.4 Å². The van der Waals surface area contributed by atoms with Crippen molar-refractivity contribution in [3.05, 3.63) is 71.7 Å². The average Bonchev–Trinajstić information content (AvgIpc) is 3.11. The SMILES string of the molecule is CC(=O)Nc1cc(C(=O)NCc2ncc(-c3ccccc3)[nH]2)ccc1C. The summed E-state index contributed by atoms with van der Waals surface area (Å²) < 4.78 is 0. The van der Waals surface area contributed by atoms with Gasteiger partial charge in [0.15, 0.2) is 0 Å². The lowest BCUT2D eigenvalue weighted by molar-refractivity contribution is -0.114. The van der Waals surface area contributed by atoms with Gasteiger partial charge in [0.25, 0.3) is 5.91 Å². The van der Waals surface area contributed by atoms with E-state index in [1.54, 1.807) is 24.4 Å². The fourth-order valence-corrected chi connectivity index (χ4v) is 2.57. The molecule has 26 heavy (non-hydrogen) atoms. The van der Waals surface area contributed by atoms with Crippen LogP contribution in [0.3, 0.4) is 0 Å². The highest BCUT2D eigenvalue weighted by molar-refractivity contribution is 5.97. The minimum atomic E-state index is -0.228. The highest BCUT2D eigenvalue weighted by Crippen LogP contribution is 2.18. The van der Waals surface area contributed by atoms with Crippen molar-refractivity contribution in [2.75, 3.05) is 5.32 Å². The first-order valence-electron chi connectivity index (χ1n) is 8.28. The van der Waals surface area contributed by atoms with E-state index < -0.39 is 0 Å². The van der Waals surface area contributed by atoms with Crippen LogP contribution in [-0.2, 0) is 11.3 Å². The third-order valence-corrected chi connectivity index (χ3v) is 3.94. The van der Waals surface area contributed by atoms with Gasteiger partial charge in [-0.2, -0.15) is 0 Å². The van der Waals surface area contributed by atoms with E-state index in [1.165, 1.54) is 6.92 Å². The number of imidazole rings is 1. The molecule has 0 saturated heterocycles. The summed E-state index contributed by atoms with van der Waals surface area (Å²) in [4.78, 5) is 31.1. The first-order chi connectivity index (χ1) is 12.5. The number of H-pyrrole nitrogens is 1. The van der Waals surface area contributed by atoms with Gasteiger partial charge in [0, 0.05) is 18.2 Å². The molecule has 2 amide bonds. The topological polar surface area (TPSA) is 86.9 Å². The molecule has 0 unspecified atom stereocenters. The van der Waals surface area contributed by atoms with Gasteiger partial charge < -0.3 is 15.6 Å². The van der Waals surface area contributed by atoms with Gasteiger partial charge in [-0.25, -0.2) is 4.98 Å². The van der Waals surface area contributed by atoms with Crippen molar-refractivity contribution in [2.24, 2.45) is 0 Å². The molecule has 0 atom stereocenters. The molecule has 0 aliphatic carbocycles. The number of carbonyl (C=O) groups is 2. The standard InChI is InChI=1S/C20H20N4O2/c1-13-8-9-16(10-17(13)23-14(2)25)20(26)22-12-19-21-11-18(24-19)15-6-4-3-5-7-15/h3-11H,12H2,1-2H3,(H,21,24)(H,22,26)(H,23,25). The van der Waals surface area contributed by atoms with E-state index in [-0.39, 0.29) is 18.4 Å². The molecule has 0 spiro atoms. The van der Waals surface area contributed by atoms with Gasteiger partial charge in [-0.05, 0) is 30.2 Å².